The molecule has 1 aromatic carbocycles. The second kappa shape index (κ2) is 13.7. The third-order valence-corrected chi connectivity index (χ3v) is 8.62. The standard InChI is InChI=1S/C30H39F5N6O3/c1-5-30(34,35)29-39-38-25-13-17(8-10-41(25)29)24(42)14-19(11-18-12-21(32)22(33)15-20(18)31)37-27(43)23-7-6-9-40(23)28(44)26(36-4)16(2)3/h12,15-17,19,23,26,36H,5-11,13-14H2,1-4H3,(H,37,43). The first-order chi connectivity index (χ1) is 20.8. The first-order valence-electron chi connectivity index (χ1n) is 15.0. The van der Waals surface area contributed by atoms with Gasteiger partial charge in [0.1, 0.15) is 23.5 Å². The summed E-state index contributed by atoms with van der Waals surface area (Å²) < 4.78 is 72.2. The van der Waals surface area contributed by atoms with Crippen LogP contribution in [0.2, 0.25) is 0 Å². The lowest BCUT2D eigenvalue weighted by molar-refractivity contribution is -0.141. The number of hydrogen-bond donors (Lipinski definition) is 2. The second-order valence-electron chi connectivity index (χ2n) is 12.0. The average Bonchev–Trinajstić information content (AvgIpc) is 3.64. The number of rotatable bonds is 12. The first kappa shape index (κ1) is 33.5. The summed E-state index contributed by atoms with van der Waals surface area (Å²) >= 11 is 0. The minimum Gasteiger partial charge on any atom is -0.351 e. The van der Waals surface area contributed by atoms with Crippen molar-refractivity contribution in [2.45, 2.75) is 96.3 Å². The van der Waals surface area contributed by atoms with Gasteiger partial charge in [0.05, 0.1) is 6.04 Å². The van der Waals surface area contributed by atoms with Gasteiger partial charge in [0, 0.05) is 50.4 Å². The van der Waals surface area contributed by atoms with Crippen molar-refractivity contribution >= 4 is 17.6 Å². The Morgan fingerprint density at radius 2 is 1.75 bits per heavy atom. The van der Waals surface area contributed by atoms with Crippen molar-refractivity contribution in [1.82, 2.24) is 30.3 Å². The molecule has 1 aromatic heterocycles. The largest absolute Gasteiger partial charge is 0.351 e. The van der Waals surface area contributed by atoms with Crippen LogP contribution in [0.3, 0.4) is 0 Å². The third-order valence-electron chi connectivity index (χ3n) is 8.62. The Morgan fingerprint density at radius 1 is 1.05 bits per heavy atom. The highest BCUT2D eigenvalue weighted by Crippen LogP contribution is 2.33. The lowest BCUT2D eigenvalue weighted by atomic mass is 9.88. The number of fused-ring (bicyclic) bond motifs is 1. The van der Waals surface area contributed by atoms with Gasteiger partial charge in [-0.25, -0.2) is 13.2 Å². The van der Waals surface area contributed by atoms with Gasteiger partial charge in [-0.15, -0.1) is 10.2 Å². The monoisotopic (exact) mass is 626 g/mol. The number of nitrogens with zero attached hydrogens (tertiary/aromatic N) is 4. The fourth-order valence-electron chi connectivity index (χ4n) is 6.12. The van der Waals surface area contributed by atoms with Crippen LogP contribution in [0.25, 0.3) is 0 Å². The summed E-state index contributed by atoms with van der Waals surface area (Å²) in [4.78, 5) is 41.8. The van der Waals surface area contributed by atoms with Crippen molar-refractivity contribution in [2.75, 3.05) is 13.6 Å². The molecule has 0 radical (unpaired) electrons. The molecule has 0 bridgehead atoms. The molecule has 9 nitrogen and oxygen atoms in total. The molecule has 242 valence electrons. The smallest absolute Gasteiger partial charge is 0.306 e. The number of likely N-dealkylation sites (tertiary alicyclic amines) is 1. The summed E-state index contributed by atoms with van der Waals surface area (Å²) in [7, 11) is 1.66. The van der Waals surface area contributed by atoms with Crippen molar-refractivity contribution in [3.8, 4) is 0 Å². The summed E-state index contributed by atoms with van der Waals surface area (Å²) in [5.74, 6) is -8.81. The zero-order valence-corrected chi connectivity index (χ0v) is 25.3. The number of hydrogen-bond acceptors (Lipinski definition) is 6. The maximum absolute atomic E-state index is 14.6. The highest BCUT2D eigenvalue weighted by atomic mass is 19.3. The molecule has 4 unspecified atom stereocenters. The Labute approximate surface area is 253 Å². The molecule has 2 aliphatic heterocycles. The lowest BCUT2D eigenvalue weighted by Crippen LogP contribution is -2.55. The molecule has 4 atom stereocenters. The van der Waals surface area contributed by atoms with Crippen LogP contribution in [-0.4, -0.2) is 69.0 Å². The van der Waals surface area contributed by atoms with Gasteiger partial charge < -0.3 is 20.1 Å². The van der Waals surface area contributed by atoms with Crippen LogP contribution in [0, 0.1) is 29.3 Å². The van der Waals surface area contributed by atoms with Gasteiger partial charge in [-0.1, -0.05) is 20.8 Å². The summed E-state index contributed by atoms with van der Waals surface area (Å²) in [5, 5.41) is 13.3. The Hall–Kier alpha value is -3.42. The lowest BCUT2D eigenvalue weighted by Gasteiger charge is -2.31. The number of halogens is 5. The van der Waals surface area contributed by atoms with Crippen LogP contribution in [0.15, 0.2) is 12.1 Å². The zero-order chi connectivity index (χ0) is 32.3. The van der Waals surface area contributed by atoms with Gasteiger partial charge in [-0.2, -0.15) is 8.78 Å². The van der Waals surface area contributed by atoms with E-state index in [1.165, 1.54) is 16.4 Å². The molecule has 3 heterocycles. The molecule has 2 amide bonds. The number of carbonyl (C=O) groups excluding carboxylic acids is 3. The number of alkyl halides is 2. The Bertz CT molecular complexity index is 1380. The average molecular weight is 627 g/mol. The topological polar surface area (TPSA) is 109 Å². The number of ketones is 1. The molecule has 4 rings (SSSR count). The number of carbonyl (C=O) groups is 3. The summed E-state index contributed by atoms with van der Waals surface area (Å²) in [6.45, 7) is 5.56. The number of Topliss-reactive ketones (excluding diaryl/α,β-unsaturated/α-hetero) is 1. The number of nitrogens with one attached hydrogen (secondary N) is 2. The molecule has 0 aliphatic carbocycles. The Kier molecular flexibility index (Phi) is 10.4. The zero-order valence-electron chi connectivity index (χ0n) is 25.3. The van der Waals surface area contributed by atoms with Gasteiger partial charge >= 0.3 is 5.92 Å². The van der Waals surface area contributed by atoms with Gasteiger partial charge in [0.25, 0.3) is 0 Å². The molecule has 1 fully saturated rings. The molecule has 1 saturated heterocycles. The van der Waals surface area contributed by atoms with E-state index in [2.05, 4.69) is 20.8 Å². The number of amides is 2. The fraction of sp³-hybridized carbons (Fsp3) is 0.633. The second-order valence-corrected chi connectivity index (χ2v) is 12.0. The van der Waals surface area contributed by atoms with Gasteiger partial charge in [-0.05, 0) is 50.3 Å². The van der Waals surface area contributed by atoms with E-state index in [1.54, 1.807) is 7.05 Å². The summed E-state index contributed by atoms with van der Waals surface area (Å²) in [6.07, 6.45) is 0.192. The van der Waals surface area contributed by atoms with Crippen LogP contribution >= 0.6 is 0 Å². The number of likely N-dealkylation sites (N-methyl/N-ethyl adjacent to an activating group) is 1. The van der Waals surface area contributed by atoms with E-state index >= 15 is 0 Å². The predicted octanol–water partition coefficient (Wildman–Crippen LogP) is 3.68. The van der Waals surface area contributed by atoms with Crippen LogP contribution in [0.4, 0.5) is 22.0 Å². The van der Waals surface area contributed by atoms with Crippen molar-refractivity contribution < 1.29 is 36.3 Å². The predicted molar refractivity (Wildman–Crippen MR) is 150 cm³/mol. The van der Waals surface area contributed by atoms with Crippen LogP contribution in [0.1, 0.15) is 70.1 Å². The third kappa shape index (κ3) is 7.10. The van der Waals surface area contributed by atoms with Crippen molar-refractivity contribution in [3.63, 3.8) is 0 Å². The van der Waals surface area contributed by atoms with E-state index in [1.807, 2.05) is 13.8 Å². The van der Waals surface area contributed by atoms with Gasteiger partial charge in [-0.3, -0.25) is 14.4 Å². The van der Waals surface area contributed by atoms with Crippen molar-refractivity contribution in [2.24, 2.45) is 11.8 Å². The van der Waals surface area contributed by atoms with Gasteiger partial charge in [0.2, 0.25) is 17.6 Å². The highest BCUT2D eigenvalue weighted by Gasteiger charge is 2.40. The van der Waals surface area contributed by atoms with E-state index in [9.17, 15) is 36.3 Å². The van der Waals surface area contributed by atoms with Crippen molar-refractivity contribution in [3.05, 3.63) is 46.8 Å². The van der Waals surface area contributed by atoms with Crippen LogP contribution < -0.4 is 10.6 Å². The fourth-order valence-corrected chi connectivity index (χ4v) is 6.12. The SMILES string of the molecule is CCC(F)(F)c1nnc2n1CCC(C(=O)CC(Cc1cc(F)c(F)cc1F)NC(=O)C1CCCN1C(=O)C(NC)C(C)C)C2. The molecular weight excluding hydrogens is 587 g/mol. The molecule has 0 saturated carbocycles. The minimum absolute atomic E-state index is 0.0379. The number of aromatic nitrogens is 3. The molecule has 2 N–H and O–H groups in total. The molecule has 14 heteroatoms. The minimum atomic E-state index is -3.16. The molecule has 2 aliphatic rings. The summed E-state index contributed by atoms with van der Waals surface area (Å²) in [5.41, 5.74) is -0.230. The normalized spacial score (nSPS) is 20.0. The first-order valence-corrected chi connectivity index (χ1v) is 15.0. The molecule has 2 aromatic rings. The van der Waals surface area contributed by atoms with E-state index in [0.29, 0.717) is 31.5 Å². The Morgan fingerprint density at radius 3 is 2.41 bits per heavy atom. The maximum Gasteiger partial charge on any atom is 0.306 e. The van der Waals surface area contributed by atoms with E-state index in [-0.39, 0.29) is 61.2 Å². The maximum atomic E-state index is 14.6. The van der Waals surface area contributed by atoms with Gasteiger partial charge in [0.15, 0.2) is 11.6 Å². The van der Waals surface area contributed by atoms with Crippen LogP contribution in [-0.2, 0) is 39.7 Å². The van der Waals surface area contributed by atoms with E-state index in [4.69, 9.17) is 0 Å². The molecular formula is C30H39F5N6O3. The number of benzene rings is 1. The highest BCUT2D eigenvalue weighted by molar-refractivity contribution is 5.91. The molecule has 44 heavy (non-hydrogen) atoms. The van der Waals surface area contributed by atoms with Crippen molar-refractivity contribution in [1.29, 1.82) is 0 Å². The Balaban J connectivity index is 1.53. The molecule has 0 spiro atoms. The summed E-state index contributed by atoms with van der Waals surface area (Å²) in [6, 6.07) is -1.25. The van der Waals surface area contributed by atoms with E-state index in [0.717, 1.165) is 0 Å². The van der Waals surface area contributed by atoms with E-state index < -0.39 is 65.6 Å². The quantitative estimate of drug-likeness (QED) is 0.275. The van der Waals surface area contributed by atoms with Crippen LogP contribution in [0.5, 0.6) is 0 Å².